The van der Waals surface area contributed by atoms with E-state index in [1.165, 1.54) is 23.9 Å². The van der Waals surface area contributed by atoms with E-state index >= 15 is 0 Å². The lowest BCUT2D eigenvalue weighted by molar-refractivity contribution is -0.140. The van der Waals surface area contributed by atoms with Crippen LogP contribution < -0.4 is 21.4 Å². The van der Waals surface area contributed by atoms with E-state index in [1.807, 2.05) is 0 Å². The summed E-state index contributed by atoms with van der Waals surface area (Å²) in [5.74, 6) is -1.30. The van der Waals surface area contributed by atoms with Crippen molar-refractivity contribution in [1.82, 2.24) is 14.9 Å². The fourth-order valence-electron chi connectivity index (χ4n) is 3.61. The Hall–Kier alpha value is -3.41. The van der Waals surface area contributed by atoms with Crippen molar-refractivity contribution in [3.05, 3.63) is 68.1 Å². The molecule has 1 fully saturated rings. The van der Waals surface area contributed by atoms with Crippen molar-refractivity contribution in [2.75, 3.05) is 36.6 Å². The summed E-state index contributed by atoms with van der Waals surface area (Å²) in [6, 6.07) is 3.25. The number of pyridine rings is 1. The monoisotopic (exact) mass is 453 g/mol. The van der Waals surface area contributed by atoms with Gasteiger partial charge in [0.1, 0.15) is 5.82 Å². The van der Waals surface area contributed by atoms with Gasteiger partial charge in [0.2, 0.25) is 0 Å². The number of nitrogens with one attached hydrogen (secondary N) is 2. The Bertz CT molecular complexity index is 1260. The number of halogens is 4. The second-order valence-electron chi connectivity index (χ2n) is 7.32. The van der Waals surface area contributed by atoms with Crippen molar-refractivity contribution < 1.29 is 22.3 Å². The maximum absolute atomic E-state index is 14.6. The molecule has 1 saturated heterocycles. The first-order valence-corrected chi connectivity index (χ1v) is 9.77. The Kier molecular flexibility index (Phi) is 5.63. The molecule has 8 nitrogen and oxygen atoms in total. The van der Waals surface area contributed by atoms with E-state index in [0.717, 1.165) is 12.1 Å². The second-order valence-corrected chi connectivity index (χ2v) is 7.32. The summed E-state index contributed by atoms with van der Waals surface area (Å²) in [5, 5.41) is 11.1. The molecule has 170 valence electrons. The maximum atomic E-state index is 14.6. The molecule has 4 rings (SSSR count). The van der Waals surface area contributed by atoms with Gasteiger partial charge in [-0.1, -0.05) is 12.1 Å². The lowest BCUT2D eigenvalue weighted by Gasteiger charge is -2.30. The zero-order chi connectivity index (χ0) is 23.0. The van der Waals surface area contributed by atoms with Gasteiger partial charge in [-0.05, 0) is 13.0 Å². The first-order valence-electron chi connectivity index (χ1n) is 9.77. The Morgan fingerprint density at radius 1 is 1.19 bits per heavy atom. The molecule has 1 aliphatic rings. The van der Waals surface area contributed by atoms with E-state index in [2.05, 4.69) is 15.5 Å². The molecule has 2 aromatic heterocycles. The van der Waals surface area contributed by atoms with Crippen LogP contribution in [-0.4, -0.2) is 41.2 Å². The van der Waals surface area contributed by atoms with E-state index in [-0.39, 0.29) is 22.2 Å². The molecule has 0 amide bonds. The van der Waals surface area contributed by atoms with Crippen LogP contribution in [0, 0.1) is 5.82 Å². The molecule has 1 atom stereocenters. The van der Waals surface area contributed by atoms with Crippen LogP contribution in [0.4, 0.5) is 23.4 Å². The first-order chi connectivity index (χ1) is 15.2. The fraction of sp³-hybridized carbons (Fsp3) is 0.350. The third-order valence-electron chi connectivity index (χ3n) is 5.25. The van der Waals surface area contributed by atoms with Crippen LogP contribution in [-0.2, 0) is 10.9 Å². The van der Waals surface area contributed by atoms with Crippen LogP contribution in [0.3, 0.4) is 0 Å². The van der Waals surface area contributed by atoms with Gasteiger partial charge >= 0.3 is 6.18 Å². The highest BCUT2D eigenvalue weighted by molar-refractivity contribution is 5.90. The molecular formula is C20H19F4N5O3. The molecule has 12 heteroatoms. The molecule has 32 heavy (non-hydrogen) atoms. The number of rotatable bonds is 4. The van der Waals surface area contributed by atoms with Gasteiger partial charge in [0.15, 0.2) is 5.82 Å². The maximum Gasteiger partial charge on any atom is 0.419 e. The van der Waals surface area contributed by atoms with Gasteiger partial charge in [-0.25, -0.2) is 14.2 Å². The topological polar surface area (TPSA) is 92.2 Å². The molecule has 3 heterocycles. The number of morpholine rings is 1. The highest BCUT2D eigenvalue weighted by Crippen LogP contribution is 2.34. The summed E-state index contributed by atoms with van der Waals surface area (Å²) in [5.41, 5.74) is -2.62. The average molecular weight is 453 g/mol. The van der Waals surface area contributed by atoms with Crippen molar-refractivity contribution in [3.8, 4) is 0 Å². The standard InChI is InChI=1S/C20H19F4N5O3/c1-11(12-3-2-4-15(17(12)21)20(22,23)24)25-18-14-10-29(28-5-7-32-8-6-28)16(30)9-13(14)19(31)27-26-18/h2-4,9-11H,5-8H2,1H3,(H,25,26)(H,27,31)/t11-/m1/s1. The van der Waals surface area contributed by atoms with Crippen molar-refractivity contribution in [3.63, 3.8) is 0 Å². The molecule has 1 aromatic carbocycles. The van der Waals surface area contributed by atoms with Gasteiger partial charge < -0.3 is 15.1 Å². The molecule has 2 N–H and O–H groups in total. The van der Waals surface area contributed by atoms with E-state index in [4.69, 9.17) is 4.74 Å². The zero-order valence-corrected chi connectivity index (χ0v) is 16.9. The zero-order valence-electron chi connectivity index (χ0n) is 16.9. The Morgan fingerprint density at radius 2 is 1.91 bits per heavy atom. The summed E-state index contributed by atoms with van der Waals surface area (Å²) in [6.07, 6.45) is -3.40. The van der Waals surface area contributed by atoms with Gasteiger partial charge in [-0.2, -0.15) is 18.3 Å². The molecule has 1 aliphatic heterocycles. The number of nitrogens with zero attached hydrogens (tertiary/aromatic N) is 3. The minimum absolute atomic E-state index is 0.0497. The van der Waals surface area contributed by atoms with Crippen molar-refractivity contribution in [2.45, 2.75) is 19.1 Å². The second kappa shape index (κ2) is 8.26. The molecule has 0 saturated carbocycles. The van der Waals surface area contributed by atoms with Crippen LogP contribution in [0.1, 0.15) is 24.1 Å². The number of H-pyrrole nitrogens is 1. The third-order valence-corrected chi connectivity index (χ3v) is 5.25. The Labute approximate surface area is 178 Å². The number of benzene rings is 1. The Balaban J connectivity index is 1.76. The van der Waals surface area contributed by atoms with Gasteiger partial charge in [0, 0.05) is 17.8 Å². The number of hydrogen-bond donors (Lipinski definition) is 2. The molecule has 0 unspecified atom stereocenters. The van der Waals surface area contributed by atoms with Crippen molar-refractivity contribution in [2.24, 2.45) is 0 Å². The number of hydrogen-bond acceptors (Lipinski definition) is 6. The van der Waals surface area contributed by atoms with Gasteiger partial charge in [0.25, 0.3) is 11.1 Å². The predicted molar refractivity (Wildman–Crippen MR) is 109 cm³/mol. The molecule has 0 spiro atoms. The number of ether oxygens (including phenoxy) is 1. The molecule has 0 aliphatic carbocycles. The number of anilines is 1. The summed E-state index contributed by atoms with van der Waals surface area (Å²) < 4.78 is 60.4. The van der Waals surface area contributed by atoms with E-state index in [0.29, 0.717) is 32.4 Å². The minimum atomic E-state index is -4.84. The van der Waals surface area contributed by atoms with E-state index < -0.39 is 34.7 Å². The number of aromatic nitrogens is 3. The SMILES string of the molecule is C[C@@H](Nc1n[nH]c(=O)c2cc(=O)n(N3CCOCC3)cc12)c1cccc(C(F)(F)F)c1F. The van der Waals surface area contributed by atoms with Gasteiger partial charge in [-0.3, -0.25) is 9.59 Å². The summed E-state index contributed by atoms with van der Waals surface area (Å²) in [7, 11) is 0. The van der Waals surface area contributed by atoms with Crippen LogP contribution in [0.15, 0.2) is 40.1 Å². The Morgan fingerprint density at radius 3 is 2.59 bits per heavy atom. The number of fused-ring (bicyclic) bond motifs is 1. The molecular weight excluding hydrogens is 434 g/mol. The molecule has 0 radical (unpaired) electrons. The minimum Gasteiger partial charge on any atom is -0.378 e. The molecule has 3 aromatic rings. The van der Waals surface area contributed by atoms with E-state index in [1.54, 1.807) is 5.01 Å². The summed E-state index contributed by atoms with van der Waals surface area (Å²) >= 11 is 0. The highest BCUT2D eigenvalue weighted by atomic mass is 19.4. The quantitative estimate of drug-likeness (QED) is 0.590. The van der Waals surface area contributed by atoms with E-state index in [9.17, 15) is 27.2 Å². The van der Waals surface area contributed by atoms with Crippen LogP contribution >= 0.6 is 0 Å². The lowest BCUT2D eigenvalue weighted by Crippen LogP contribution is -2.48. The van der Waals surface area contributed by atoms with Gasteiger partial charge in [0.05, 0.1) is 48.7 Å². The smallest absolute Gasteiger partial charge is 0.378 e. The highest BCUT2D eigenvalue weighted by Gasteiger charge is 2.35. The molecule has 0 bridgehead atoms. The van der Waals surface area contributed by atoms with Crippen molar-refractivity contribution >= 4 is 16.6 Å². The fourth-order valence-corrected chi connectivity index (χ4v) is 3.61. The largest absolute Gasteiger partial charge is 0.419 e. The number of alkyl halides is 3. The van der Waals surface area contributed by atoms with Crippen molar-refractivity contribution in [1.29, 1.82) is 0 Å². The van der Waals surface area contributed by atoms with Crippen LogP contribution in [0.5, 0.6) is 0 Å². The normalized spacial score (nSPS) is 15.7. The third kappa shape index (κ3) is 4.05. The lowest BCUT2D eigenvalue weighted by atomic mass is 10.0. The summed E-state index contributed by atoms with van der Waals surface area (Å²) in [4.78, 5) is 24.8. The van der Waals surface area contributed by atoms with Crippen LogP contribution in [0.25, 0.3) is 10.8 Å². The van der Waals surface area contributed by atoms with Gasteiger partial charge in [-0.15, -0.1) is 0 Å². The average Bonchev–Trinajstić information content (AvgIpc) is 2.75. The first kappa shape index (κ1) is 21.8. The predicted octanol–water partition coefficient (Wildman–Crippen LogP) is 2.38. The summed E-state index contributed by atoms with van der Waals surface area (Å²) in [6.45, 7) is 3.23. The van der Waals surface area contributed by atoms with Crippen LogP contribution in [0.2, 0.25) is 0 Å². The number of aromatic amines is 1.